The molecule has 0 amide bonds. The van der Waals surface area contributed by atoms with Crippen LogP contribution in [0.1, 0.15) is 41.0 Å². The molecule has 96 valence electrons. The van der Waals surface area contributed by atoms with Crippen molar-refractivity contribution < 1.29 is 4.74 Å². The largest absolute Gasteiger partial charge is 0.379 e. The second-order valence-electron chi connectivity index (χ2n) is 6.30. The summed E-state index contributed by atoms with van der Waals surface area (Å²) in [4.78, 5) is 2.57. The first kappa shape index (κ1) is 13.9. The van der Waals surface area contributed by atoms with E-state index in [1.807, 2.05) is 0 Å². The van der Waals surface area contributed by atoms with E-state index in [2.05, 4.69) is 44.8 Å². The van der Waals surface area contributed by atoms with E-state index in [4.69, 9.17) is 4.74 Å². The molecule has 1 aliphatic heterocycles. The maximum atomic E-state index is 5.47. The number of hydrogen-bond donors (Lipinski definition) is 1. The minimum absolute atomic E-state index is 0.00522. The monoisotopic (exact) mass is 228 g/mol. The van der Waals surface area contributed by atoms with Crippen LogP contribution in [-0.2, 0) is 4.74 Å². The predicted molar refractivity (Wildman–Crippen MR) is 68.8 cm³/mol. The molecule has 0 aromatic carbocycles. The van der Waals surface area contributed by atoms with E-state index in [1.165, 1.54) is 0 Å². The lowest BCUT2D eigenvalue weighted by molar-refractivity contribution is -0.00236. The van der Waals surface area contributed by atoms with E-state index in [1.54, 1.807) is 7.11 Å². The Labute approximate surface area is 101 Å². The third-order valence-corrected chi connectivity index (χ3v) is 3.65. The zero-order chi connectivity index (χ0) is 12.4. The van der Waals surface area contributed by atoms with Crippen molar-refractivity contribution in [2.45, 2.75) is 58.2 Å². The van der Waals surface area contributed by atoms with Crippen LogP contribution >= 0.6 is 0 Å². The molecule has 0 bridgehead atoms. The van der Waals surface area contributed by atoms with Crippen LogP contribution < -0.4 is 5.32 Å². The Morgan fingerprint density at radius 2 is 2.06 bits per heavy atom. The first-order chi connectivity index (χ1) is 7.26. The predicted octanol–water partition coefficient (Wildman–Crippen LogP) is 1.87. The van der Waals surface area contributed by atoms with Crippen molar-refractivity contribution in [2.24, 2.45) is 0 Å². The molecule has 3 nitrogen and oxygen atoms in total. The molecule has 1 saturated heterocycles. The van der Waals surface area contributed by atoms with Gasteiger partial charge in [-0.3, -0.25) is 4.90 Å². The van der Waals surface area contributed by atoms with Crippen LogP contribution in [0.25, 0.3) is 0 Å². The standard InChI is InChI=1S/C13H28N2O/c1-11-9-14-12(2,3)10-15(11)8-7-13(4,5)16-6/h11,14H,7-10H2,1-6H3. The summed E-state index contributed by atoms with van der Waals surface area (Å²) in [6, 6.07) is 0.626. The minimum Gasteiger partial charge on any atom is -0.379 e. The van der Waals surface area contributed by atoms with Crippen LogP contribution in [0, 0.1) is 0 Å². The number of piperazine rings is 1. The second kappa shape index (κ2) is 5.03. The molecule has 1 rings (SSSR count). The van der Waals surface area contributed by atoms with Gasteiger partial charge in [0.2, 0.25) is 0 Å². The van der Waals surface area contributed by atoms with Gasteiger partial charge in [0.1, 0.15) is 0 Å². The summed E-state index contributed by atoms with van der Waals surface area (Å²) in [5.41, 5.74) is 0.235. The lowest BCUT2D eigenvalue weighted by Crippen LogP contribution is -2.61. The van der Waals surface area contributed by atoms with Crippen LogP contribution in [0.5, 0.6) is 0 Å². The lowest BCUT2D eigenvalue weighted by Gasteiger charge is -2.44. The second-order valence-corrected chi connectivity index (χ2v) is 6.30. The summed E-state index contributed by atoms with van der Waals surface area (Å²) >= 11 is 0. The maximum absolute atomic E-state index is 5.47. The van der Waals surface area contributed by atoms with Crippen LogP contribution in [-0.4, -0.2) is 48.8 Å². The van der Waals surface area contributed by atoms with Gasteiger partial charge < -0.3 is 10.1 Å². The van der Waals surface area contributed by atoms with Gasteiger partial charge in [-0.25, -0.2) is 0 Å². The number of hydrogen-bond acceptors (Lipinski definition) is 3. The van der Waals surface area contributed by atoms with Crippen LogP contribution in [0.15, 0.2) is 0 Å². The van der Waals surface area contributed by atoms with Crippen molar-refractivity contribution in [1.29, 1.82) is 0 Å². The Morgan fingerprint density at radius 1 is 1.44 bits per heavy atom. The summed E-state index contributed by atoms with van der Waals surface area (Å²) in [7, 11) is 1.80. The number of methoxy groups -OCH3 is 1. The SMILES string of the molecule is COC(C)(C)CCN1CC(C)(C)NCC1C. The van der Waals surface area contributed by atoms with E-state index in [0.29, 0.717) is 6.04 Å². The van der Waals surface area contributed by atoms with Crippen molar-refractivity contribution in [2.75, 3.05) is 26.7 Å². The molecule has 0 radical (unpaired) electrons. The molecular formula is C13H28N2O. The number of nitrogens with zero attached hydrogens (tertiary/aromatic N) is 1. The zero-order valence-electron chi connectivity index (χ0n) is 11.8. The molecule has 1 aliphatic rings. The van der Waals surface area contributed by atoms with Crippen LogP contribution in [0.4, 0.5) is 0 Å². The van der Waals surface area contributed by atoms with Crippen molar-refractivity contribution in [1.82, 2.24) is 10.2 Å². The molecule has 3 heteroatoms. The quantitative estimate of drug-likeness (QED) is 0.795. The van der Waals surface area contributed by atoms with E-state index < -0.39 is 0 Å². The van der Waals surface area contributed by atoms with Gasteiger partial charge in [0.15, 0.2) is 0 Å². The Kier molecular flexibility index (Phi) is 4.38. The summed E-state index contributed by atoms with van der Waals surface area (Å²) in [6.45, 7) is 14.5. The number of nitrogens with one attached hydrogen (secondary N) is 1. The lowest BCUT2D eigenvalue weighted by atomic mass is 9.97. The van der Waals surface area contributed by atoms with Gasteiger partial charge in [-0.15, -0.1) is 0 Å². The van der Waals surface area contributed by atoms with E-state index >= 15 is 0 Å². The molecule has 1 fully saturated rings. The average molecular weight is 228 g/mol. The smallest absolute Gasteiger partial charge is 0.0634 e. The van der Waals surface area contributed by atoms with E-state index in [0.717, 1.165) is 26.1 Å². The third kappa shape index (κ3) is 4.04. The van der Waals surface area contributed by atoms with Gasteiger partial charge in [-0.1, -0.05) is 0 Å². The summed E-state index contributed by atoms with van der Waals surface area (Å²) in [5.74, 6) is 0. The van der Waals surface area contributed by atoms with Gasteiger partial charge in [0.05, 0.1) is 5.60 Å². The van der Waals surface area contributed by atoms with E-state index in [-0.39, 0.29) is 11.1 Å². The minimum atomic E-state index is -0.00522. The van der Waals surface area contributed by atoms with Crippen LogP contribution in [0.2, 0.25) is 0 Å². The topological polar surface area (TPSA) is 24.5 Å². The molecule has 0 saturated carbocycles. The summed E-state index contributed by atoms with van der Waals surface area (Å²) in [5, 5.41) is 3.58. The van der Waals surface area contributed by atoms with Gasteiger partial charge in [-0.05, 0) is 41.0 Å². The normalized spacial score (nSPS) is 27.0. The fraction of sp³-hybridized carbons (Fsp3) is 1.00. The number of ether oxygens (including phenoxy) is 1. The van der Waals surface area contributed by atoms with Gasteiger partial charge in [-0.2, -0.15) is 0 Å². The molecule has 0 spiro atoms. The molecular weight excluding hydrogens is 200 g/mol. The van der Waals surface area contributed by atoms with Crippen molar-refractivity contribution in [3.05, 3.63) is 0 Å². The molecule has 1 atom stereocenters. The van der Waals surface area contributed by atoms with Gasteiger partial charge in [0, 0.05) is 38.3 Å². The summed E-state index contributed by atoms with van der Waals surface area (Å²) < 4.78 is 5.47. The fourth-order valence-electron chi connectivity index (χ4n) is 2.09. The highest BCUT2D eigenvalue weighted by Gasteiger charge is 2.30. The van der Waals surface area contributed by atoms with Crippen molar-refractivity contribution >= 4 is 0 Å². The highest BCUT2D eigenvalue weighted by Crippen LogP contribution is 2.19. The Balaban J connectivity index is 2.46. The third-order valence-electron chi connectivity index (χ3n) is 3.65. The van der Waals surface area contributed by atoms with Gasteiger partial charge in [0.25, 0.3) is 0 Å². The summed E-state index contributed by atoms with van der Waals surface area (Å²) in [6.07, 6.45) is 1.09. The van der Waals surface area contributed by atoms with Crippen molar-refractivity contribution in [3.63, 3.8) is 0 Å². The molecule has 1 N–H and O–H groups in total. The Hall–Kier alpha value is -0.120. The molecule has 1 heterocycles. The first-order valence-corrected chi connectivity index (χ1v) is 6.30. The molecule has 1 unspecified atom stereocenters. The van der Waals surface area contributed by atoms with Gasteiger partial charge >= 0.3 is 0 Å². The Morgan fingerprint density at radius 3 is 2.62 bits per heavy atom. The highest BCUT2D eigenvalue weighted by atomic mass is 16.5. The average Bonchev–Trinajstić information content (AvgIpc) is 2.20. The van der Waals surface area contributed by atoms with Crippen LogP contribution in [0.3, 0.4) is 0 Å². The number of rotatable bonds is 4. The van der Waals surface area contributed by atoms with E-state index in [9.17, 15) is 0 Å². The van der Waals surface area contributed by atoms with Crippen molar-refractivity contribution in [3.8, 4) is 0 Å². The molecule has 0 aliphatic carbocycles. The highest BCUT2D eigenvalue weighted by molar-refractivity contribution is 4.91. The molecule has 0 aromatic heterocycles. The first-order valence-electron chi connectivity index (χ1n) is 6.30. The zero-order valence-corrected chi connectivity index (χ0v) is 11.8. The fourth-order valence-corrected chi connectivity index (χ4v) is 2.09. The maximum Gasteiger partial charge on any atom is 0.0634 e. The molecule has 0 aromatic rings. The Bertz CT molecular complexity index is 226. The molecule has 16 heavy (non-hydrogen) atoms.